The molecule has 0 saturated carbocycles. The van der Waals surface area contributed by atoms with Crippen molar-refractivity contribution in [2.75, 3.05) is 19.7 Å². The van der Waals surface area contributed by atoms with Crippen LogP contribution in [0.15, 0.2) is 36.5 Å². The van der Waals surface area contributed by atoms with E-state index in [-0.39, 0.29) is 11.6 Å². The zero-order chi connectivity index (χ0) is 16.3. The van der Waals surface area contributed by atoms with E-state index in [9.17, 15) is 4.79 Å². The summed E-state index contributed by atoms with van der Waals surface area (Å²) in [6, 6.07) is 9.90. The lowest BCUT2D eigenvalue weighted by Gasteiger charge is -2.39. The summed E-state index contributed by atoms with van der Waals surface area (Å²) in [7, 11) is 0. The van der Waals surface area contributed by atoms with Crippen molar-refractivity contribution in [1.82, 2.24) is 15.2 Å². The van der Waals surface area contributed by atoms with Gasteiger partial charge in [0.15, 0.2) is 0 Å². The number of hydrogen-bond donors (Lipinski definition) is 1. The standard InChI is InChI=1S/C18H23N3O2/c1-3-18(2)13-21(10-11-23-18)17(22)20-12-14-8-9-19-16-7-5-4-6-15(14)16/h4-9H,3,10-13H2,1-2H3,(H,20,22). The molecule has 1 aliphatic rings. The minimum Gasteiger partial charge on any atom is -0.372 e. The first-order valence-corrected chi connectivity index (χ1v) is 8.11. The lowest BCUT2D eigenvalue weighted by atomic mass is 10.0. The van der Waals surface area contributed by atoms with Crippen LogP contribution in [0.5, 0.6) is 0 Å². The van der Waals surface area contributed by atoms with Crippen LogP contribution in [0.4, 0.5) is 4.79 Å². The molecule has 1 N–H and O–H groups in total. The number of aromatic nitrogens is 1. The molecule has 1 aliphatic heterocycles. The van der Waals surface area contributed by atoms with Crippen LogP contribution in [-0.2, 0) is 11.3 Å². The molecule has 1 aromatic carbocycles. The monoisotopic (exact) mass is 313 g/mol. The molecule has 1 atom stereocenters. The fourth-order valence-electron chi connectivity index (χ4n) is 2.91. The fraction of sp³-hybridized carbons (Fsp3) is 0.444. The van der Waals surface area contributed by atoms with Crippen LogP contribution in [0.1, 0.15) is 25.8 Å². The number of amides is 2. The van der Waals surface area contributed by atoms with Gasteiger partial charge in [0.1, 0.15) is 0 Å². The summed E-state index contributed by atoms with van der Waals surface area (Å²) in [6.07, 6.45) is 2.68. The second kappa shape index (κ2) is 6.54. The van der Waals surface area contributed by atoms with Gasteiger partial charge in [-0.25, -0.2) is 4.79 Å². The minimum absolute atomic E-state index is 0.0335. The zero-order valence-corrected chi connectivity index (χ0v) is 13.7. The van der Waals surface area contributed by atoms with Crippen LogP contribution >= 0.6 is 0 Å². The average molecular weight is 313 g/mol. The number of nitrogens with one attached hydrogen (secondary N) is 1. The van der Waals surface area contributed by atoms with E-state index in [0.717, 1.165) is 22.9 Å². The van der Waals surface area contributed by atoms with Gasteiger partial charge in [0.2, 0.25) is 0 Å². The molecule has 23 heavy (non-hydrogen) atoms. The molecular weight excluding hydrogens is 290 g/mol. The van der Waals surface area contributed by atoms with E-state index in [4.69, 9.17) is 4.74 Å². The predicted molar refractivity (Wildman–Crippen MR) is 90.2 cm³/mol. The summed E-state index contributed by atoms with van der Waals surface area (Å²) in [5.41, 5.74) is 1.79. The highest BCUT2D eigenvalue weighted by Crippen LogP contribution is 2.21. The maximum absolute atomic E-state index is 12.5. The Morgan fingerprint density at radius 1 is 1.39 bits per heavy atom. The van der Waals surface area contributed by atoms with Crippen LogP contribution in [-0.4, -0.2) is 41.2 Å². The highest BCUT2D eigenvalue weighted by molar-refractivity contribution is 5.82. The molecule has 122 valence electrons. The van der Waals surface area contributed by atoms with Crippen molar-refractivity contribution >= 4 is 16.9 Å². The molecular formula is C18H23N3O2. The number of para-hydroxylation sites is 1. The number of urea groups is 1. The zero-order valence-electron chi connectivity index (χ0n) is 13.7. The first-order valence-electron chi connectivity index (χ1n) is 8.11. The number of rotatable bonds is 3. The topological polar surface area (TPSA) is 54.5 Å². The molecule has 0 radical (unpaired) electrons. The normalized spacial score (nSPS) is 21.4. The minimum atomic E-state index is -0.237. The molecule has 5 nitrogen and oxygen atoms in total. The molecule has 2 amide bonds. The van der Waals surface area contributed by atoms with Gasteiger partial charge in [-0.1, -0.05) is 25.1 Å². The van der Waals surface area contributed by atoms with E-state index < -0.39 is 0 Å². The van der Waals surface area contributed by atoms with Crippen molar-refractivity contribution in [3.05, 3.63) is 42.1 Å². The number of fused-ring (bicyclic) bond motifs is 1. The Kier molecular flexibility index (Phi) is 4.48. The van der Waals surface area contributed by atoms with E-state index in [1.807, 2.05) is 35.2 Å². The average Bonchev–Trinajstić information content (AvgIpc) is 2.59. The van der Waals surface area contributed by atoms with E-state index in [0.29, 0.717) is 26.2 Å². The molecule has 1 aromatic heterocycles. The second-order valence-electron chi connectivity index (χ2n) is 6.22. The van der Waals surface area contributed by atoms with E-state index >= 15 is 0 Å². The van der Waals surface area contributed by atoms with Gasteiger partial charge in [-0.3, -0.25) is 4.98 Å². The number of ether oxygens (including phenoxy) is 1. The van der Waals surface area contributed by atoms with Crippen LogP contribution in [0.25, 0.3) is 10.9 Å². The third-order valence-electron chi connectivity index (χ3n) is 4.54. The van der Waals surface area contributed by atoms with Gasteiger partial charge < -0.3 is 15.0 Å². The molecule has 1 unspecified atom stereocenters. The summed E-state index contributed by atoms with van der Waals surface area (Å²) >= 11 is 0. The van der Waals surface area contributed by atoms with Gasteiger partial charge in [-0.2, -0.15) is 0 Å². The molecule has 3 rings (SSSR count). The third kappa shape index (κ3) is 3.45. The van der Waals surface area contributed by atoms with Crippen LogP contribution in [0, 0.1) is 0 Å². The van der Waals surface area contributed by atoms with Crippen molar-refractivity contribution in [2.24, 2.45) is 0 Å². The molecule has 1 fully saturated rings. The van der Waals surface area contributed by atoms with Gasteiger partial charge in [-0.05, 0) is 31.0 Å². The number of carbonyl (C=O) groups excluding carboxylic acids is 1. The van der Waals surface area contributed by atoms with Gasteiger partial charge in [0.25, 0.3) is 0 Å². The number of carbonyl (C=O) groups is 1. The molecule has 5 heteroatoms. The number of nitrogens with zero attached hydrogens (tertiary/aromatic N) is 2. The Balaban J connectivity index is 1.67. The number of morpholine rings is 1. The molecule has 1 saturated heterocycles. The molecule has 0 spiro atoms. The first-order chi connectivity index (χ1) is 11.1. The number of pyridine rings is 1. The Bertz CT molecular complexity index is 698. The first kappa shape index (κ1) is 15.7. The lowest BCUT2D eigenvalue weighted by Crippen LogP contribution is -2.54. The van der Waals surface area contributed by atoms with Gasteiger partial charge in [0.05, 0.1) is 24.3 Å². The van der Waals surface area contributed by atoms with E-state index in [2.05, 4.69) is 24.1 Å². The number of benzene rings is 1. The van der Waals surface area contributed by atoms with Crippen molar-refractivity contribution in [1.29, 1.82) is 0 Å². The van der Waals surface area contributed by atoms with E-state index in [1.54, 1.807) is 6.20 Å². The van der Waals surface area contributed by atoms with Crippen molar-refractivity contribution in [2.45, 2.75) is 32.4 Å². The van der Waals surface area contributed by atoms with Crippen molar-refractivity contribution in [3.63, 3.8) is 0 Å². The maximum Gasteiger partial charge on any atom is 0.317 e. The van der Waals surface area contributed by atoms with Crippen molar-refractivity contribution in [3.8, 4) is 0 Å². The predicted octanol–water partition coefficient (Wildman–Crippen LogP) is 2.95. The van der Waals surface area contributed by atoms with Crippen LogP contribution < -0.4 is 5.32 Å². The van der Waals surface area contributed by atoms with Crippen LogP contribution in [0.3, 0.4) is 0 Å². The Morgan fingerprint density at radius 2 is 2.22 bits per heavy atom. The van der Waals surface area contributed by atoms with Crippen molar-refractivity contribution < 1.29 is 9.53 Å². The quantitative estimate of drug-likeness (QED) is 0.948. The molecule has 2 aromatic rings. The van der Waals surface area contributed by atoms with Gasteiger partial charge in [-0.15, -0.1) is 0 Å². The summed E-state index contributed by atoms with van der Waals surface area (Å²) in [5, 5.41) is 4.11. The largest absolute Gasteiger partial charge is 0.372 e. The number of hydrogen-bond acceptors (Lipinski definition) is 3. The maximum atomic E-state index is 12.5. The molecule has 0 aliphatic carbocycles. The smallest absolute Gasteiger partial charge is 0.317 e. The lowest BCUT2D eigenvalue weighted by molar-refractivity contribution is -0.0872. The Labute approximate surface area is 136 Å². The van der Waals surface area contributed by atoms with Gasteiger partial charge in [0, 0.05) is 24.7 Å². The summed E-state index contributed by atoms with van der Waals surface area (Å²) in [5.74, 6) is 0. The van der Waals surface area contributed by atoms with Crippen LogP contribution in [0.2, 0.25) is 0 Å². The summed E-state index contributed by atoms with van der Waals surface area (Å²) in [6.45, 7) is 6.51. The SMILES string of the molecule is CCC1(C)CN(C(=O)NCc2ccnc3ccccc23)CCO1. The summed E-state index contributed by atoms with van der Waals surface area (Å²) < 4.78 is 5.79. The molecule has 0 bridgehead atoms. The fourth-order valence-corrected chi connectivity index (χ4v) is 2.91. The van der Waals surface area contributed by atoms with Gasteiger partial charge >= 0.3 is 6.03 Å². The Hall–Kier alpha value is -2.14. The summed E-state index contributed by atoms with van der Waals surface area (Å²) in [4.78, 5) is 18.6. The molecule has 2 heterocycles. The highest BCUT2D eigenvalue weighted by atomic mass is 16.5. The Morgan fingerprint density at radius 3 is 3.04 bits per heavy atom. The third-order valence-corrected chi connectivity index (χ3v) is 4.54. The second-order valence-corrected chi connectivity index (χ2v) is 6.22. The van der Waals surface area contributed by atoms with E-state index in [1.165, 1.54) is 0 Å². The highest BCUT2D eigenvalue weighted by Gasteiger charge is 2.32.